The Labute approximate surface area is 173 Å². The molecule has 0 saturated heterocycles. The number of halogens is 7. The summed E-state index contributed by atoms with van der Waals surface area (Å²) in [6.07, 6.45) is -7.39. The van der Waals surface area contributed by atoms with Gasteiger partial charge in [0.15, 0.2) is 18.2 Å². The minimum Gasteiger partial charge on any atom is -0.481 e. The molecular weight excluding hydrogens is 429 g/mol. The largest absolute Gasteiger partial charge is 0.481 e. The van der Waals surface area contributed by atoms with E-state index < -0.39 is 41.8 Å². The summed E-state index contributed by atoms with van der Waals surface area (Å²) in [6.45, 7) is 0.197. The number of alkyl halides is 5. The second-order valence-electron chi connectivity index (χ2n) is 6.85. The first-order valence-corrected chi connectivity index (χ1v) is 9.27. The highest BCUT2D eigenvalue weighted by atomic mass is 19.4. The van der Waals surface area contributed by atoms with Crippen LogP contribution in [0.1, 0.15) is 24.5 Å². The number of ether oxygens (including phenoxy) is 2. The third-order valence-corrected chi connectivity index (χ3v) is 4.41. The fourth-order valence-electron chi connectivity index (χ4n) is 3.03. The van der Waals surface area contributed by atoms with Gasteiger partial charge in [-0.3, -0.25) is 0 Å². The quantitative estimate of drug-likeness (QED) is 0.359. The molecule has 0 bridgehead atoms. The summed E-state index contributed by atoms with van der Waals surface area (Å²) in [7, 11) is 0. The van der Waals surface area contributed by atoms with Crippen molar-refractivity contribution in [2.75, 3.05) is 6.61 Å². The summed E-state index contributed by atoms with van der Waals surface area (Å²) >= 11 is 0. The molecule has 0 fully saturated rings. The average Bonchev–Trinajstić information content (AvgIpc) is 2.66. The Morgan fingerprint density at radius 2 is 1.61 bits per heavy atom. The zero-order chi connectivity index (χ0) is 22.8. The van der Waals surface area contributed by atoms with Crippen molar-refractivity contribution in [1.82, 2.24) is 0 Å². The molecule has 3 aromatic carbocycles. The van der Waals surface area contributed by atoms with Gasteiger partial charge in [-0.2, -0.15) is 22.0 Å². The first-order chi connectivity index (χ1) is 14.5. The lowest BCUT2D eigenvalue weighted by atomic mass is 10.1. The molecule has 9 heteroatoms. The lowest BCUT2D eigenvalue weighted by Crippen LogP contribution is -2.23. The van der Waals surface area contributed by atoms with Crippen LogP contribution in [0.5, 0.6) is 11.5 Å². The summed E-state index contributed by atoms with van der Waals surface area (Å²) in [6, 6.07) is 8.67. The van der Waals surface area contributed by atoms with E-state index in [1.54, 1.807) is 0 Å². The summed E-state index contributed by atoms with van der Waals surface area (Å²) in [5.41, 5.74) is -0.376. The van der Waals surface area contributed by atoms with E-state index in [1.807, 2.05) is 6.92 Å². The highest BCUT2D eigenvalue weighted by molar-refractivity contribution is 5.86. The van der Waals surface area contributed by atoms with Crippen LogP contribution in [0.15, 0.2) is 48.5 Å². The molecule has 0 unspecified atom stereocenters. The molecule has 0 aliphatic heterocycles. The van der Waals surface area contributed by atoms with E-state index in [4.69, 9.17) is 0 Å². The summed E-state index contributed by atoms with van der Waals surface area (Å²) in [4.78, 5) is 0. The average molecular weight is 446 g/mol. The van der Waals surface area contributed by atoms with Gasteiger partial charge in [-0.25, -0.2) is 8.78 Å². The van der Waals surface area contributed by atoms with Crippen LogP contribution in [0.25, 0.3) is 10.8 Å². The van der Waals surface area contributed by atoms with Gasteiger partial charge in [0.1, 0.15) is 11.6 Å². The molecule has 0 aromatic heterocycles. The van der Waals surface area contributed by atoms with Crippen molar-refractivity contribution in [1.29, 1.82) is 0 Å². The highest BCUT2D eigenvalue weighted by Crippen LogP contribution is 2.36. The van der Waals surface area contributed by atoms with Crippen molar-refractivity contribution < 1.29 is 40.2 Å². The number of hydrogen-bond donors (Lipinski definition) is 0. The summed E-state index contributed by atoms with van der Waals surface area (Å²) in [5.74, 6) is -3.19. The molecule has 3 rings (SSSR count). The van der Waals surface area contributed by atoms with Gasteiger partial charge in [-0.15, -0.1) is 0 Å². The van der Waals surface area contributed by atoms with E-state index in [0.29, 0.717) is 12.0 Å². The van der Waals surface area contributed by atoms with Crippen molar-refractivity contribution in [3.05, 3.63) is 71.3 Å². The minimum atomic E-state index is -4.64. The topological polar surface area (TPSA) is 18.5 Å². The predicted molar refractivity (Wildman–Crippen MR) is 100 cm³/mol. The Hall–Kier alpha value is -2.97. The lowest BCUT2D eigenvalue weighted by molar-refractivity contribution is -0.187. The van der Waals surface area contributed by atoms with Crippen molar-refractivity contribution in [2.24, 2.45) is 0 Å². The number of aryl methyl sites for hydroxylation is 1. The van der Waals surface area contributed by atoms with Crippen LogP contribution in [-0.4, -0.2) is 12.8 Å². The van der Waals surface area contributed by atoms with E-state index >= 15 is 0 Å². The minimum absolute atomic E-state index is 0.0870. The molecule has 0 aliphatic carbocycles. The van der Waals surface area contributed by atoms with Crippen molar-refractivity contribution in [3.63, 3.8) is 0 Å². The van der Waals surface area contributed by atoms with E-state index in [0.717, 1.165) is 42.8 Å². The molecule has 0 radical (unpaired) electrons. The molecule has 0 aliphatic rings. The molecule has 166 valence electrons. The normalized spacial score (nSPS) is 12.3. The first kappa shape index (κ1) is 22.7. The highest BCUT2D eigenvalue weighted by Gasteiger charge is 2.37. The van der Waals surface area contributed by atoms with Gasteiger partial charge in [0.05, 0.1) is 5.56 Å². The SMILES string of the molecule is CCCc1ccc(C(F)(F)Oc2ccc3c(F)c(OCC(F)(F)F)ccc3c2)c(F)c1. The molecule has 0 atom stereocenters. The summed E-state index contributed by atoms with van der Waals surface area (Å²) in [5, 5.41) is -0.0608. The van der Waals surface area contributed by atoms with Gasteiger partial charge >= 0.3 is 12.3 Å². The Morgan fingerprint density at radius 1 is 0.871 bits per heavy atom. The fourth-order valence-corrected chi connectivity index (χ4v) is 3.03. The third kappa shape index (κ3) is 5.39. The maximum Gasteiger partial charge on any atom is 0.429 e. The van der Waals surface area contributed by atoms with E-state index in [2.05, 4.69) is 9.47 Å². The van der Waals surface area contributed by atoms with Crippen LogP contribution < -0.4 is 9.47 Å². The van der Waals surface area contributed by atoms with Gasteiger partial charge in [0.25, 0.3) is 0 Å². The molecule has 0 N–H and O–H groups in total. The second-order valence-corrected chi connectivity index (χ2v) is 6.85. The maximum absolute atomic E-state index is 14.5. The predicted octanol–water partition coefficient (Wildman–Crippen LogP) is 7.14. The van der Waals surface area contributed by atoms with Crippen LogP contribution >= 0.6 is 0 Å². The Kier molecular flexibility index (Phi) is 6.33. The zero-order valence-electron chi connectivity index (χ0n) is 16.2. The Balaban J connectivity index is 1.85. The first-order valence-electron chi connectivity index (χ1n) is 9.27. The number of rotatable bonds is 7. The van der Waals surface area contributed by atoms with Crippen LogP contribution in [0.4, 0.5) is 30.7 Å². The molecule has 0 heterocycles. The van der Waals surface area contributed by atoms with E-state index in [1.165, 1.54) is 12.1 Å². The smallest absolute Gasteiger partial charge is 0.429 e. The molecular formula is C22H17F7O2. The molecule has 0 amide bonds. The zero-order valence-corrected chi connectivity index (χ0v) is 16.2. The number of benzene rings is 3. The van der Waals surface area contributed by atoms with Crippen LogP contribution in [0, 0.1) is 11.6 Å². The molecule has 0 saturated carbocycles. The molecule has 0 spiro atoms. The fraction of sp³-hybridized carbons (Fsp3) is 0.273. The van der Waals surface area contributed by atoms with Crippen LogP contribution in [0.2, 0.25) is 0 Å². The van der Waals surface area contributed by atoms with E-state index in [9.17, 15) is 30.7 Å². The van der Waals surface area contributed by atoms with E-state index in [-0.39, 0.29) is 16.5 Å². The molecule has 31 heavy (non-hydrogen) atoms. The third-order valence-electron chi connectivity index (χ3n) is 4.41. The van der Waals surface area contributed by atoms with Crippen molar-refractivity contribution >= 4 is 10.8 Å². The van der Waals surface area contributed by atoms with Crippen molar-refractivity contribution in [3.8, 4) is 11.5 Å². The maximum atomic E-state index is 14.5. The Bertz CT molecular complexity index is 1080. The van der Waals surface area contributed by atoms with Crippen LogP contribution in [-0.2, 0) is 12.5 Å². The standard InChI is InChI=1S/C22H17F7O2/c1-2-3-13-4-8-17(18(23)10-13)22(28,29)31-15-6-7-16-14(11-15)5-9-19(20(16)24)30-12-21(25,26)27/h4-11H,2-3,12H2,1H3. The van der Waals surface area contributed by atoms with Gasteiger partial charge in [-0.1, -0.05) is 25.5 Å². The number of hydrogen-bond acceptors (Lipinski definition) is 2. The monoisotopic (exact) mass is 446 g/mol. The summed E-state index contributed by atoms with van der Waals surface area (Å²) < 4.78 is 103. The van der Waals surface area contributed by atoms with Gasteiger partial charge in [0, 0.05) is 5.39 Å². The van der Waals surface area contributed by atoms with Gasteiger partial charge in [-0.05, 0) is 53.8 Å². The van der Waals surface area contributed by atoms with Crippen LogP contribution in [0.3, 0.4) is 0 Å². The molecule has 2 nitrogen and oxygen atoms in total. The Morgan fingerprint density at radius 3 is 2.26 bits per heavy atom. The lowest BCUT2D eigenvalue weighted by Gasteiger charge is -2.19. The second kappa shape index (κ2) is 8.64. The van der Waals surface area contributed by atoms with Gasteiger partial charge < -0.3 is 9.47 Å². The number of fused-ring (bicyclic) bond motifs is 1. The molecule has 3 aromatic rings. The van der Waals surface area contributed by atoms with Crippen molar-refractivity contribution in [2.45, 2.75) is 32.1 Å². The van der Waals surface area contributed by atoms with Gasteiger partial charge in [0.2, 0.25) is 0 Å².